The van der Waals surface area contributed by atoms with Crippen molar-refractivity contribution < 1.29 is 9.90 Å². The Morgan fingerprint density at radius 3 is 2.89 bits per heavy atom. The predicted molar refractivity (Wildman–Crippen MR) is 73.5 cm³/mol. The normalized spacial score (nSPS) is 11.1. The molecule has 5 nitrogen and oxygen atoms in total. The minimum absolute atomic E-state index is 0.171. The van der Waals surface area contributed by atoms with Crippen molar-refractivity contribution in [1.82, 2.24) is 14.5 Å². The van der Waals surface area contributed by atoms with Gasteiger partial charge < -0.3 is 9.67 Å². The number of nitrogens with zero attached hydrogens (tertiary/aromatic N) is 3. The van der Waals surface area contributed by atoms with E-state index in [1.54, 1.807) is 23.0 Å². The minimum atomic E-state index is -0.980. The van der Waals surface area contributed by atoms with Crippen LogP contribution in [-0.4, -0.2) is 25.6 Å². The van der Waals surface area contributed by atoms with E-state index >= 15 is 0 Å². The second kappa shape index (κ2) is 4.17. The van der Waals surface area contributed by atoms with Gasteiger partial charge in [0.25, 0.3) is 0 Å². The molecule has 2 heterocycles. The average molecular weight is 273 g/mol. The first-order chi connectivity index (χ1) is 9.06. The van der Waals surface area contributed by atoms with Crippen molar-refractivity contribution >= 4 is 27.5 Å². The van der Waals surface area contributed by atoms with Crippen molar-refractivity contribution in [3.63, 3.8) is 0 Å². The molecule has 0 fully saturated rings. The lowest BCUT2D eigenvalue weighted by Gasteiger charge is -2.03. The topological polar surface area (TPSA) is 68.0 Å². The van der Waals surface area contributed by atoms with E-state index in [4.69, 9.17) is 5.11 Å². The van der Waals surface area contributed by atoms with Crippen LogP contribution in [0.15, 0.2) is 24.4 Å². The van der Waals surface area contributed by atoms with E-state index in [0.717, 1.165) is 20.8 Å². The van der Waals surface area contributed by atoms with Gasteiger partial charge in [-0.25, -0.2) is 14.8 Å². The van der Waals surface area contributed by atoms with Crippen LogP contribution in [0.2, 0.25) is 0 Å². The summed E-state index contributed by atoms with van der Waals surface area (Å²) in [7, 11) is 1.70. The van der Waals surface area contributed by atoms with Gasteiger partial charge in [-0.15, -0.1) is 11.3 Å². The predicted octanol–water partition coefficient (Wildman–Crippen LogP) is 2.70. The quantitative estimate of drug-likeness (QED) is 0.779. The molecule has 0 aliphatic rings. The fourth-order valence-electron chi connectivity index (χ4n) is 2.06. The Balaban J connectivity index is 2.16. The van der Waals surface area contributed by atoms with Gasteiger partial charge in [0.1, 0.15) is 11.5 Å². The zero-order valence-electron chi connectivity index (χ0n) is 10.4. The molecule has 96 valence electrons. The molecular weight excluding hydrogens is 262 g/mol. The van der Waals surface area contributed by atoms with Gasteiger partial charge in [0.05, 0.1) is 21.4 Å². The smallest absolute Gasteiger partial charge is 0.354 e. The maximum atomic E-state index is 11.0. The molecule has 0 atom stereocenters. The summed E-state index contributed by atoms with van der Waals surface area (Å²) in [6, 6.07) is 5.87. The summed E-state index contributed by atoms with van der Waals surface area (Å²) < 4.78 is 2.69. The van der Waals surface area contributed by atoms with E-state index < -0.39 is 5.97 Å². The number of aromatic nitrogens is 3. The number of fused-ring (bicyclic) bond motifs is 1. The van der Waals surface area contributed by atoms with Crippen LogP contribution in [0.5, 0.6) is 0 Å². The third kappa shape index (κ3) is 1.90. The van der Waals surface area contributed by atoms with Gasteiger partial charge in [0.2, 0.25) is 0 Å². The highest BCUT2D eigenvalue weighted by molar-refractivity contribution is 7.18. The highest BCUT2D eigenvalue weighted by Crippen LogP contribution is 2.27. The van der Waals surface area contributed by atoms with E-state index in [1.165, 1.54) is 6.20 Å². The fraction of sp³-hybridized carbons (Fsp3) is 0.154. The lowest BCUT2D eigenvalue weighted by atomic mass is 10.2. The van der Waals surface area contributed by atoms with Crippen LogP contribution in [-0.2, 0) is 7.05 Å². The van der Waals surface area contributed by atoms with Gasteiger partial charge in [-0.1, -0.05) is 0 Å². The summed E-state index contributed by atoms with van der Waals surface area (Å²) >= 11 is 1.64. The number of hydrogen-bond acceptors (Lipinski definition) is 4. The molecule has 0 saturated heterocycles. The van der Waals surface area contributed by atoms with Crippen LogP contribution in [0.1, 0.15) is 15.5 Å². The Morgan fingerprint density at radius 1 is 1.42 bits per heavy atom. The summed E-state index contributed by atoms with van der Waals surface area (Å²) in [6.07, 6.45) is 1.37. The SMILES string of the molecule is Cc1nc2cc(-c3ncc(C(=O)O)n3C)ccc2s1. The molecule has 1 N–H and O–H groups in total. The van der Waals surface area contributed by atoms with E-state index in [1.807, 2.05) is 25.1 Å². The Bertz CT molecular complexity index is 788. The second-order valence-corrected chi connectivity index (χ2v) is 5.48. The molecule has 0 saturated carbocycles. The third-order valence-corrected chi connectivity index (χ3v) is 3.91. The monoisotopic (exact) mass is 273 g/mol. The standard InChI is InChI=1S/C13H11N3O2S/c1-7-15-9-5-8(3-4-11(9)19-7)12-14-6-10(13(17)18)16(12)2/h3-6H,1-2H3,(H,17,18). The van der Waals surface area contributed by atoms with Crippen LogP contribution in [0.3, 0.4) is 0 Å². The third-order valence-electron chi connectivity index (χ3n) is 2.96. The van der Waals surface area contributed by atoms with E-state index in [0.29, 0.717) is 5.82 Å². The first-order valence-corrected chi connectivity index (χ1v) is 6.50. The summed E-state index contributed by atoms with van der Waals surface area (Å²) in [5.41, 5.74) is 1.96. The Kier molecular flexibility index (Phi) is 2.60. The maximum Gasteiger partial charge on any atom is 0.354 e. The van der Waals surface area contributed by atoms with Crippen molar-refractivity contribution in [2.24, 2.45) is 7.05 Å². The zero-order chi connectivity index (χ0) is 13.6. The largest absolute Gasteiger partial charge is 0.477 e. The van der Waals surface area contributed by atoms with Gasteiger partial charge in [0.15, 0.2) is 0 Å². The molecule has 3 rings (SSSR count). The lowest BCUT2D eigenvalue weighted by molar-refractivity contribution is 0.0686. The molecule has 0 amide bonds. The highest BCUT2D eigenvalue weighted by Gasteiger charge is 2.14. The number of benzene rings is 1. The first kappa shape index (κ1) is 11.9. The van der Waals surface area contributed by atoms with Crippen LogP contribution in [0.25, 0.3) is 21.6 Å². The van der Waals surface area contributed by atoms with E-state index in [2.05, 4.69) is 9.97 Å². The van der Waals surface area contributed by atoms with Crippen molar-refractivity contribution in [3.05, 3.63) is 35.1 Å². The number of rotatable bonds is 2. The molecule has 0 bridgehead atoms. The minimum Gasteiger partial charge on any atom is -0.477 e. The summed E-state index contributed by atoms with van der Waals surface area (Å²) in [6.45, 7) is 1.97. The summed E-state index contributed by atoms with van der Waals surface area (Å²) in [5.74, 6) is -0.350. The number of thiazole rings is 1. The molecule has 0 aliphatic carbocycles. The summed E-state index contributed by atoms with van der Waals surface area (Å²) in [4.78, 5) is 19.6. The highest BCUT2D eigenvalue weighted by atomic mass is 32.1. The number of carboxylic acids is 1. The van der Waals surface area contributed by atoms with Crippen molar-refractivity contribution in [1.29, 1.82) is 0 Å². The number of carbonyl (C=O) groups is 1. The van der Waals surface area contributed by atoms with Crippen LogP contribution >= 0.6 is 11.3 Å². The first-order valence-electron chi connectivity index (χ1n) is 5.69. The maximum absolute atomic E-state index is 11.0. The Morgan fingerprint density at radius 2 is 2.21 bits per heavy atom. The van der Waals surface area contributed by atoms with Gasteiger partial charge in [-0.05, 0) is 25.1 Å². The van der Waals surface area contributed by atoms with Gasteiger partial charge in [0, 0.05) is 12.6 Å². The van der Waals surface area contributed by atoms with Crippen molar-refractivity contribution in [3.8, 4) is 11.4 Å². The second-order valence-electron chi connectivity index (χ2n) is 4.25. The molecule has 3 aromatic rings. The lowest BCUT2D eigenvalue weighted by Crippen LogP contribution is -2.05. The van der Waals surface area contributed by atoms with Gasteiger partial charge in [-0.2, -0.15) is 0 Å². The molecule has 0 aliphatic heterocycles. The molecule has 0 unspecified atom stereocenters. The number of aryl methyl sites for hydroxylation is 1. The molecular formula is C13H11N3O2S. The molecule has 6 heteroatoms. The molecule has 2 aromatic heterocycles. The van der Waals surface area contributed by atoms with Crippen molar-refractivity contribution in [2.45, 2.75) is 6.92 Å². The Hall–Kier alpha value is -2.21. The van der Waals surface area contributed by atoms with Crippen LogP contribution < -0.4 is 0 Å². The average Bonchev–Trinajstić information content (AvgIpc) is 2.89. The molecule has 0 spiro atoms. The molecule has 1 aromatic carbocycles. The number of carboxylic acid groups (broad SMARTS) is 1. The number of imidazole rings is 1. The molecule has 0 radical (unpaired) electrons. The van der Waals surface area contributed by atoms with Gasteiger partial charge >= 0.3 is 5.97 Å². The van der Waals surface area contributed by atoms with Crippen LogP contribution in [0.4, 0.5) is 0 Å². The van der Waals surface area contributed by atoms with Gasteiger partial charge in [-0.3, -0.25) is 0 Å². The van der Waals surface area contributed by atoms with Crippen molar-refractivity contribution in [2.75, 3.05) is 0 Å². The number of hydrogen-bond donors (Lipinski definition) is 1. The summed E-state index contributed by atoms with van der Waals surface area (Å²) in [5, 5.41) is 10.0. The van der Waals surface area contributed by atoms with E-state index in [-0.39, 0.29) is 5.69 Å². The van der Waals surface area contributed by atoms with Crippen LogP contribution in [0, 0.1) is 6.92 Å². The zero-order valence-corrected chi connectivity index (χ0v) is 11.2. The fourth-order valence-corrected chi connectivity index (χ4v) is 2.87. The van der Waals surface area contributed by atoms with E-state index in [9.17, 15) is 4.79 Å². The molecule has 19 heavy (non-hydrogen) atoms. The number of aromatic carboxylic acids is 1. The Labute approximate surface area is 113 Å².